The van der Waals surface area contributed by atoms with Crippen LogP contribution >= 0.6 is 0 Å². The highest BCUT2D eigenvalue weighted by Crippen LogP contribution is 2.44. The molecule has 2 aliphatic rings. The summed E-state index contributed by atoms with van der Waals surface area (Å²) in [5, 5.41) is 0. The molecule has 0 spiro atoms. The molecule has 0 radical (unpaired) electrons. The lowest BCUT2D eigenvalue weighted by molar-refractivity contribution is -0.157. The van der Waals surface area contributed by atoms with Gasteiger partial charge in [0.25, 0.3) is 0 Å². The van der Waals surface area contributed by atoms with Crippen LogP contribution in [0.4, 0.5) is 0 Å². The Labute approximate surface area is 187 Å². The maximum absolute atomic E-state index is 12.8. The maximum Gasteiger partial charge on any atom is 0.338 e. The van der Waals surface area contributed by atoms with Crippen molar-refractivity contribution in [2.45, 2.75) is 57.8 Å². The number of carbonyl (C=O) groups is 3. The van der Waals surface area contributed by atoms with Crippen molar-refractivity contribution in [1.29, 1.82) is 0 Å². The summed E-state index contributed by atoms with van der Waals surface area (Å²) in [5.74, 6) is -1.54. The predicted molar refractivity (Wildman–Crippen MR) is 118 cm³/mol. The molecule has 2 aromatic rings. The van der Waals surface area contributed by atoms with Crippen molar-refractivity contribution in [3.8, 4) is 11.1 Å². The van der Waals surface area contributed by atoms with Crippen molar-refractivity contribution >= 4 is 17.9 Å². The zero-order valence-electron chi connectivity index (χ0n) is 18.6. The van der Waals surface area contributed by atoms with Gasteiger partial charge in [-0.05, 0) is 44.0 Å². The number of hydrogen-bond donors (Lipinski definition) is 0. The van der Waals surface area contributed by atoms with E-state index >= 15 is 0 Å². The van der Waals surface area contributed by atoms with Gasteiger partial charge in [-0.2, -0.15) is 0 Å². The van der Waals surface area contributed by atoms with Gasteiger partial charge in [0.15, 0.2) is 0 Å². The molecule has 1 saturated heterocycles. The van der Waals surface area contributed by atoms with Crippen LogP contribution < -0.4 is 0 Å². The van der Waals surface area contributed by atoms with E-state index in [-0.39, 0.29) is 42.7 Å². The molecule has 1 heterocycles. The van der Waals surface area contributed by atoms with Crippen LogP contribution in [-0.4, -0.2) is 35.7 Å². The van der Waals surface area contributed by atoms with Gasteiger partial charge in [0.2, 0.25) is 0 Å². The maximum atomic E-state index is 12.8. The molecule has 1 aliphatic carbocycles. The molecule has 2 aromatic carbocycles. The highest BCUT2D eigenvalue weighted by molar-refractivity contribution is 5.90. The van der Waals surface area contributed by atoms with Gasteiger partial charge in [0.05, 0.1) is 18.4 Å². The molecule has 6 nitrogen and oxygen atoms in total. The molecule has 1 aliphatic heterocycles. The molecule has 2 fully saturated rings. The van der Waals surface area contributed by atoms with Crippen LogP contribution in [0.2, 0.25) is 0 Å². The standard InChI is InChI=1S/C26H28O6/c1-26(2,3)32-24(28)14-20-19-13-23(27)30-21(19)15-22(20)31-25(29)18-11-9-17(10-12-18)16-7-5-4-6-8-16/h4-12,19-22H,13-15H2,1-3H3/t19-,20+,21+,22-/m1/s1. The smallest absolute Gasteiger partial charge is 0.338 e. The molecular weight excluding hydrogens is 408 g/mol. The van der Waals surface area contributed by atoms with E-state index in [2.05, 4.69) is 0 Å². The average Bonchev–Trinajstić information content (AvgIpc) is 3.24. The number of esters is 3. The molecule has 32 heavy (non-hydrogen) atoms. The normalized spacial score (nSPS) is 24.5. The van der Waals surface area contributed by atoms with E-state index < -0.39 is 17.7 Å². The van der Waals surface area contributed by atoms with E-state index in [0.29, 0.717) is 12.0 Å². The Hall–Kier alpha value is -3.15. The Kier molecular flexibility index (Phi) is 6.04. The summed E-state index contributed by atoms with van der Waals surface area (Å²) in [7, 11) is 0. The molecule has 4 atom stereocenters. The fraction of sp³-hybridized carbons (Fsp3) is 0.423. The van der Waals surface area contributed by atoms with Crippen molar-refractivity contribution in [3.05, 3.63) is 60.2 Å². The summed E-state index contributed by atoms with van der Waals surface area (Å²) < 4.78 is 16.7. The van der Waals surface area contributed by atoms with Crippen LogP contribution in [0.5, 0.6) is 0 Å². The van der Waals surface area contributed by atoms with Gasteiger partial charge in [0.1, 0.15) is 17.8 Å². The van der Waals surface area contributed by atoms with Gasteiger partial charge >= 0.3 is 17.9 Å². The molecule has 0 aromatic heterocycles. The van der Waals surface area contributed by atoms with E-state index in [1.54, 1.807) is 32.9 Å². The van der Waals surface area contributed by atoms with Crippen LogP contribution in [0.1, 0.15) is 50.4 Å². The Morgan fingerprint density at radius 3 is 2.31 bits per heavy atom. The lowest BCUT2D eigenvalue weighted by Gasteiger charge is -2.25. The van der Waals surface area contributed by atoms with Crippen molar-refractivity contribution in [2.24, 2.45) is 11.8 Å². The first-order chi connectivity index (χ1) is 15.2. The van der Waals surface area contributed by atoms with Gasteiger partial charge < -0.3 is 14.2 Å². The second-order valence-electron chi connectivity index (χ2n) is 9.47. The van der Waals surface area contributed by atoms with Crippen molar-refractivity contribution in [2.75, 3.05) is 0 Å². The third-order valence-electron chi connectivity index (χ3n) is 5.96. The van der Waals surface area contributed by atoms with E-state index in [1.165, 1.54) is 0 Å². The molecular formula is C26H28O6. The Morgan fingerprint density at radius 2 is 1.66 bits per heavy atom. The molecule has 4 rings (SSSR count). The molecule has 6 heteroatoms. The summed E-state index contributed by atoms with van der Waals surface area (Å²) in [6, 6.07) is 17.1. The number of ether oxygens (including phenoxy) is 3. The first-order valence-electron chi connectivity index (χ1n) is 11.0. The lowest BCUT2D eigenvalue weighted by atomic mass is 9.89. The van der Waals surface area contributed by atoms with Crippen molar-refractivity contribution in [1.82, 2.24) is 0 Å². The van der Waals surface area contributed by atoms with Gasteiger partial charge in [-0.15, -0.1) is 0 Å². The van der Waals surface area contributed by atoms with E-state index in [0.717, 1.165) is 11.1 Å². The van der Waals surface area contributed by atoms with Crippen molar-refractivity contribution in [3.63, 3.8) is 0 Å². The van der Waals surface area contributed by atoms with Crippen LogP contribution in [0.3, 0.4) is 0 Å². The van der Waals surface area contributed by atoms with Gasteiger partial charge in [-0.1, -0.05) is 42.5 Å². The fourth-order valence-corrected chi connectivity index (χ4v) is 4.59. The molecule has 0 N–H and O–H groups in total. The van der Waals surface area contributed by atoms with Crippen LogP contribution in [0.15, 0.2) is 54.6 Å². The third-order valence-corrected chi connectivity index (χ3v) is 5.96. The highest BCUT2D eigenvalue weighted by atomic mass is 16.6. The minimum absolute atomic E-state index is 0.0833. The fourth-order valence-electron chi connectivity index (χ4n) is 4.59. The second kappa shape index (κ2) is 8.77. The summed E-state index contributed by atoms with van der Waals surface area (Å²) in [6.07, 6.45) is -0.115. The van der Waals surface area contributed by atoms with Crippen LogP contribution in [-0.2, 0) is 23.8 Å². The molecule has 0 amide bonds. The lowest BCUT2D eigenvalue weighted by Crippen LogP contribution is -2.31. The first-order valence-corrected chi connectivity index (χ1v) is 11.0. The number of carbonyl (C=O) groups excluding carboxylic acids is 3. The average molecular weight is 437 g/mol. The second-order valence-corrected chi connectivity index (χ2v) is 9.47. The number of benzene rings is 2. The van der Waals surface area contributed by atoms with Gasteiger partial charge in [0, 0.05) is 18.3 Å². The zero-order chi connectivity index (χ0) is 22.9. The third kappa shape index (κ3) is 5.01. The number of hydrogen-bond acceptors (Lipinski definition) is 6. The summed E-state index contributed by atoms with van der Waals surface area (Å²) in [6.45, 7) is 5.42. The summed E-state index contributed by atoms with van der Waals surface area (Å²) in [5.41, 5.74) is 1.90. The molecule has 1 saturated carbocycles. The Balaban J connectivity index is 1.46. The highest BCUT2D eigenvalue weighted by Gasteiger charge is 2.52. The van der Waals surface area contributed by atoms with E-state index in [1.807, 2.05) is 42.5 Å². The van der Waals surface area contributed by atoms with Crippen molar-refractivity contribution < 1.29 is 28.6 Å². The monoisotopic (exact) mass is 436 g/mol. The number of rotatable bonds is 5. The Morgan fingerprint density at radius 1 is 1.00 bits per heavy atom. The minimum Gasteiger partial charge on any atom is -0.462 e. The molecule has 0 unspecified atom stereocenters. The van der Waals surface area contributed by atoms with Crippen LogP contribution in [0, 0.1) is 11.8 Å². The SMILES string of the molecule is CC(C)(C)OC(=O)C[C@H]1[C@H]2CC(=O)O[C@H]2C[C@H]1OC(=O)c1ccc(-c2ccccc2)cc1. The predicted octanol–water partition coefficient (Wildman–Crippen LogP) is 4.56. The largest absolute Gasteiger partial charge is 0.462 e. The molecule has 168 valence electrons. The molecule has 0 bridgehead atoms. The van der Waals surface area contributed by atoms with Gasteiger partial charge in [-0.3, -0.25) is 9.59 Å². The van der Waals surface area contributed by atoms with Gasteiger partial charge in [-0.25, -0.2) is 4.79 Å². The summed E-state index contributed by atoms with van der Waals surface area (Å²) in [4.78, 5) is 37.1. The minimum atomic E-state index is -0.607. The quantitative estimate of drug-likeness (QED) is 0.505. The number of fused-ring (bicyclic) bond motifs is 1. The summed E-state index contributed by atoms with van der Waals surface area (Å²) >= 11 is 0. The van der Waals surface area contributed by atoms with E-state index in [9.17, 15) is 14.4 Å². The zero-order valence-corrected chi connectivity index (χ0v) is 18.6. The van der Waals surface area contributed by atoms with E-state index in [4.69, 9.17) is 14.2 Å². The Bertz CT molecular complexity index is 989. The topological polar surface area (TPSA) is 78.9 Å². The van der Waals surface area contributed by atoms with Crippen LogP contribution in [0.25, 0.3) is 11.1 Å². The first kappa shape index (κ1) is 22.1.